The number of hydrogen-bond acceptors (Lipinski definition) is 4. The van der Waals surface area contributed by atoms with Crippen molar-refractivity contribution in [1.82, 2.24) is 14.5 Å². The Morgan fingerprint density at radius 1 is 1.15 bits per heavy atom. The number of imidazole rings is 1. The maximum absolute atomic E-state index is 13.1. The van der Waals surface area contributed by atoms with Crippen LogP contribution >= 0.6 is 0 Å². The average Bonchev–Trinajstić information content (AvgIpc) is 3.39. The summed E-state index contributed by atoms with van der Waals surface area (Å²) in [5.74, 6) is 1.85. The molecule has 5 nitrogen and oxygen atoms in total. The highest BCUT2D eigenvalue weighted by Crippen LogP contribution is 2.61. The van der Waals surface area contributed by atoms with Crippen LogP contribution in [0.1, 0.15) is 57.3 Å². The van der Waals surface area contributed by atoms with Gasteiger partial charge in [0, 0.05) is 24.7 Å². The average molecular weight is 446 g/mol. The molecule has 0 N–H and O–H groups in total. The van der Waals surface area contributed by atoms with E-state index in [2.05, 4.69) is 65.0 Å². The normalized spacial score (nSPS) is 35.3. The lowest BCUT2D eigenvalue weighted by molar-refractivity contribution is -0.152. The van der Waals surface area contributed by atoms with E-state index in [0.29, 0.717) is 30.7 Å². The van der Waals surface area contributed by atoms with Gasteiger partial charge in [0.2, 0.25) is 0 Å². The van der Waals surface area contributed by atoms with Gasteiger partial charge in [0.05, 0.1) is 23.1 Å². The second-order valence-corrected chi connectivity index (χ2v) is 10.5. The SMILES string of the molecule is CCOC(=O)[C@@]1(C2C=CC=CC2)C[C@H]1CN1[C@@H]2CC[C@H]1C[C@@H](n1c(C)nc3ccccc31)C2. The summed E-state index contributed by atoms with van der Waals surface area (Å²) in [6.07, 6.45) is 15.5. The Balaban J connectivity index is 1.20. The quantitative estimate of drug-likeness (QED) is 0.573. The van der Waals surface area contributed by atoms with Crippen molar-refractivity contribution < 1.29 is 9.53 Å². The Kier molecular flexibility index (Phi) is 5.21. The zero-order valence-corrected chi connectivity index (χ0v) is 19.8. The standard InChI is InChI=1S/C28H35N3O2/c1-3-33-27(32)28(20-9-5-4-6-10-20)17-21(28)18-30-22-13-14-23(30)16-24(15-22)31-19(2)29-25-11-7-8-12-26(25)31/h4-9,11-12,20-24H,3,10,13-18H2,1-2H3/t20?,21-,22-,23+,24+,28+/m0/s1. The number of esters is 1. The Morgan fingerprint density at radius 3 is 2.67 bits per heavy atom. The minimum absolute atomic E-state index is 0.0303. The molecule has 33 heavy (non-hydrogen) atoms. The van der Waals surface area contributed by atoms with Crippen LogP contribution in [0.25, 0.3) is 11.0 Å². The fourth-order valence-electron chi connectivity index (χ4n) is 7.29. The molecule has 1 saturated carbocycles. The molecule has 1 aromatic heterocycles. The van der Waals surface area contributed by atoms with Crippen molar-refractivity contribution in [2.24, 2.45) is 17.3 Å². The van der Waals surface area contributed by atoms with E-state index in [1.165, 1.54) is 31.2 Å². The Hall–Kier alpha value is -2.40. The zero-order chi connectivity index (χ0) is 22.6. The molecule has 2 aliphatic carbocycles. The predicted molar refractivity (Wildman–Crippen MR) is 130 cm³/mol. The van der Waals surface area contributed by atoms with Gasteiger partial charge < -0.3 is 9.30 Å². The number of carbonyl (C=O) groups is 1. The first-order valence-corrected chi connectivity index (χ1v) is 12.8. The van der Waals surface area contributed by atoms with Crippen LogP contribution in [0, 0.1) is 24.2 Å². The summed E-state index contributed by atoms with van der Waals surface area (Å²) in [6, 6.07) is 10.3. The van der Waals surface area contributed by atoms with Crippen molar-refractivity contribution in [1.29, 1.82) is 0 Å². The highest BCUT2D eigenvalue weighted by molar-refractivity contribution is 5.81. The smallest absolute Gasteiger partial charge is 0.313 e. The summed E-state index contributed by atoms with van der Waals surface area (Å²) >= 11 is 0. The van der Waals surface area contributed by atoms with Gasteiger partial charge in [-0.2, -0.15) is 0 Å². The van der Waals surface area contributed by atoms with Crippen molar-refractivity contribution in [3.8, 4) is 0 Å². The van der Waals surface area contributed by atoms with Gasteiger partial charge in [-0.3, -0.25) is 9.69 Å². The molecular formula is C28H35N3O2. The second-order valence-electron chi connectivity index (χ2n) is 10.5. The lowest BCUT2D eigenvalue weighted by Crippen LogP contribution is -2.45. The number of para-hydroxylation sites is 2. The molecule has 3 fully saturated rings. The highest BCUT2D eigenvalue weighted by atomic mass is 16.5. The van der Waals surface area contributed by atoms with E-state index in [0.717, 1.165) is 30.7 Å². The number of aromatic nitrogens is 2. The molecule has 174 valence electrons. The molecule has 6 rings (SSSR count). The van der Waals surface area contributed by atoms with Crippen molar-refractivity contribution in [2.45, 2.75) is 70.5 Å². The molecule has 2 aliphatic heterocycles. The third kappa shape index (κ3) is 3.39. The number of hydrogen-bond donors (Lipinski definition) is 0. The number of ether oxygens (including phenoxy) is 1. The molecule has 1 aromatic carbocycles. The molecule has 2 saturated heterocycles. The third-order valence-corrected chi connectivity index (χ3v) is 8.88. The summed E-state index contributed by atoms with van der Waals surface area (Å²) in [4.78, 5) is 20.7. The summed E-state index contributed by atoms with van der Waals surface area (Å²) in [6.45, 7) is 5.58. The first-order chi connectivity index (χ1) is 16.1. The fraction of sp³-hybridized carbons (Fsp3) is 0.571. The number of aryl methyl sites for hydroxylation is 1. The van der Waals surface area contributed by atoms with E-state index < -0.39 is 0 Å². The van der Waals surface area contributed by atoms with Gasteiger partial charge in [0.1, 0.15) is 5.82 Å². The molecule has 3 heterocycles. The second kappa shape index (κ2) is 8.12. The molecule has 0 amide bonds. The van der Waals surface area contributed by atoms with Gasteiger partial charge in [0.25, 0.3) is 0 Å². The van der Waals surface area contributed by atoms with E-state index in [-0.39, 0.29) is 17.3 Å². The van der Waals surface area contributed by atoms with Crippen LogP contribution in [0.4, 0.5) is 0 Å². The maximum Gasteiger partial charge on any atom is 0.313 e. The Bertz CT molecular complexity index is 1100. The van der Waals surface area contributed by atoms with Gasteiger partial charge in [-0.1, -0.05) is 36.4 Å². The Morgan fingerprint density at radius 2 is 1.94 bits per heavy atom. The minimum atomic E-state index is -0.315. The largest absolute Gasteiger partial charge is 0.466 e. The van der Waals surface area contributed by atoms with E-state index in [9.17, 15) is 4.79 Å². The van der Waals surface area contributed by atoms with E-state index in [1.807, 2.05) is 6.92 Å². The van der Waals surface area contributed by atoms with E-state index in [1.54, 1.807) is 0 Å². The fourth-order valence-corrected chi connectivity index (χ4v) is 7.29. The van der Waals surface area contributed by atoms with Gasteiger partial charge in [0.15, 0.2) is 0 Å². The summed E-state index contributed by atoms with van der Waals surface area (Å²) in [7, 11) is 0. The molecule has 6 atom stereocenters. The molecule has 2 aromatic rings. The van der Waals surface area contributed by atoms with Crippen LogP contribution in [-0.2, 0) is 9.53 Å². The topological polar surface area (TPSA) is 47.4 Å². The van der Waals surface area contributed by atoms with Gasteiger partial charge in [-0.15, -0.1) is 0 Å². The number of allylic oxidation sites excluding steroid dienone is 4. The van der Waals surface area contributed by atoms with Crippen LogP contribution in [0.15, 0.2) is 48.6 Å². The zero-order valence-electron chi connectivity index (χ0n) is 19.8. The molecule has 4 aliphatic rings. The lowest BCUT2D eigenvalue weighted by Gasteiger charge is -2.40. The Labute approximate surface area is 196 Å². The van der Waals surface area contributed by atoms with E-state index >= 15 is 0 Å². The third-order valence-electron chi connectivity index (χ3n) is 8.88. The number of carbonyl (C=O) groups excluding carboxylic acids is 1. The van der Waals surface area contributed by atoms with Crippen molar-refractivity contribution >= 4 is 17.0 Å². The first-order valence-electron chi connectivity index (χ1n) is 12.8. The number of nitrogens with zero attached hydrogens (tertiary/aromatic N) is 3. The predicted octanol–water partition coefficient (Wildman–Crippen LogP) is 5.21. The lowest BCUT2D eigenvalue weighted by atomic mass is 9.82. The van der Waals surface area contributed by atoms with Crippen LogP contribution in [0.5, 0.6) is 0 Å². The summed E-state index contributed by atoms with van der Waals surface area (Å²) in [5.41, 5.74) is 2.06. The highest BCUT2D eigenvalue weighted by Gasteiger charge is 2.65. The molecule has 1 unspecified atom stereocenters. The van der Waals surface area contributed by atoms with Crippen LogP contribution in [0.2, 0.25) is 0 Å². The summed E-state index contributed by atoms with van der Waals surface area (Å²) < 4.78 is 8.10. The molecule has 0 spiro atoms. The first kappa shape index (κ1) is 21.2. The number of fused-ring (bicyclic) bond motifs is 3. The van der Waals surface area contributed by atoms with Gasteiger partial charge in [-0.25, -0.2) is 4.98 Å². The van der Waals surface area contributed by atoms with Crippen LogP contribution < -0.4 is 0 Å². The van der Waals surface area contributed by atoms with Crippen molar-refractivity contribution in [3.63, 3.8) is 0 Å². The van der Waals surface area contributed by atoms with E-state index in [4.69, 9.17) is 9.72 Å². The van der Waals surface area contributed by atoms with Gasteiger partial charge in [-0.05, 0) is 76.3 Å². The number of benzene rings is 1. The molecule has 5 heteroatoms. The van der Waals surface area contributed by atoms with Crippen LogP contribution in [0.3, 0.4) is 0 Å². The molecule has 2 bridgehead atoms. The molecular weight excluding hydrogens is 410 g/mol. The number of piperidine rings is 1. The van der Waals surface area contributed by atoms with Crippen LogP contribution in [-0.4, -0.2) is 45.7 Å². The monoisotopic (exact) mass is 445 g/mol. The minimum Gasteiger partial charge on any atom is -0.466 e. The molecule has 0 radical (unpaired) electrons. The summed E-state index contributed by atoms with van der Waals surface area (Å²) in [5, 5.41) is 0. The number of rotatable bonds is 6. The van der Waals surface area contributed by atoms with Crippen molar-refractivity contribution in [3.05, 3.63) is 54.4 Å². The van der Waals surface area contributed by atoms with Gasteiger partial charge >= 0.3 is 5.97 Å². The maximum atomic E-state index is 13.1. The van der Waals surface area contributed by atoms with Crippen molar-refractivity contribution in [2.75, 3.05) is 13.2 Å².